The molecule has 1 amide bonds. The van der Waals surface area contributed by atoms with Gasteiger partial charge in [-0.2, -0.15) is 26.3 Å². The molecule has 0 heterocycles. The molecule has 0 aromatic rings. The fraction of sp³-hybridized carbons (Fsp3) is 0.938. The topological polar surface area (TPSA) is 63.2 Å². The average molecular weight is 425 g/mol. The van der Waals surface area contributed by atoms with Gasteiger partial charge in [0.05, 0.1) is 11.7 Å². The highest BCUT2D eigenvalue weighted by molar-refractivity contribution is 7.93. The van der Waals surface area contributed by atoms with Crippen LogP contribution in [0, 0.1) is 11.8 Å². The second-order valence-corrected chi connectivity index (χ2v) is 10.2. The van der Waals surface area contributed by atoms with Crippen LogP contribution in [0.25, 0.3) is 0 Å². The van der Waals surface area contributed by atoms with Crippen LogP contribution in [0.3, 0.4) is 0 Å². The molecule has 0 aliphatic heterocycles. The van der Waals surface area contributed by atoms with Gasteiger partial charge in [-0.05, 0) is 45.4 Å². The zero-order valence-electron chi connectivity index (χ0n) is 15.2. The lowest BCUT2D eigenvalue weighted by molar-refractivity contribution is -0.185. The maximum Gasteiger partial charge on any atom is 0.391 e. The van der Waals surface area contributed by atoms with E-state index in [1.54, 1.807) is 0 Å². The molecule has 0 saturated heterocycles. The van der Waals surface area contributed by atoms with Gasteiger partial charge in [0.25, 0.3) is 0 Å². The van der Waals surface area contributed by atoms with Crippen molar-refractivity contribution in [1.29, 1.82) is 0 Å². The van der Waals surface area contributed by atoms with E-state index >= 15 is 0 Å². The van der Waals surface area contributed by atoms with Crippen LogP contribution in [0.2, 0.25) is 0 Å². The van der Waals surface area contributed by atoms with Gasteiger partial charge in [-0.3, -0.25) is 4.79 Å². The van der Waals surface area contributed by atoms with Gasteiger partial charge in [0.1, 0.15) is 4.75 Å². The SMILES string of the molecule is CC(C)(C(=O)NCC1CCCC(C(F)(F)F)C1)S(=O)(=O)CCCC(F)(F)F. The molecule has 1 rings (SSSR count). The van der Waals surface area contributed by atoms with Gasteiger partial charge >= 0.3 is 12.4 Å². The predicted molar refractivity (Wildman–Crippen MR) is 87.7 cm³/mol. The van der Waals surface area contributed by atoms with Crippen LogP contribution in [-0.4, -0.2) is 43.7 Å². The summed E-state index contributed by atoms with van der Waals surface area (Å²) >= 11 is 0. The third kappa shape index (κ3) is 7.15. The van der Waals surface area contributed by atoms with Crippen LogP contribution < -0.4 is 5.32 Å². The second-order valence-electron chi connectivity index (χ2n) is 7.53. The monoisotopic (exact) mass is 425 g/mol. The molecule has 0 aromatic heterocycles. The summed E-state index contributed by atoms with van der Waals surface area (Å²) in [6.07, 6.45) is -9.96. The first-order chi connectivity index (χ1) is 12.1. The number of amides is 1. The second kappa shape index (κ2) is 8.57. The predicted octanol–water partition coefficient (Wildman–Crippen LogP) is 4.01. The molecule has 0 spiro atoms. The third-order valence-corrected chi connectivity index (χ3v) is 7.56. The molecule has 4 nitrogen and oxygen atoms in total. The van der Waals surface area contributed by atoms with Crippen molar-refractivity contribution in [2.45, 2.75) is 69.5 Å². The molecule has 1 aliphatic rings. The average Bonchev–Trinajstić information content (AvgIpc) is 2.50. The van der Waals surface area contributed by atoms with Gasteiger partial charge in [-0.1, -0.05) is 6.42 Å². The Morgan fingerprint density at radius 3 is 2.19 bits per heavy atom. The quantitative estimate of drug-likeness (QED) is 0.627. The van der Waals surface area contributed by atoms with Gasteiger partial charge in [0, 0.05) is 13.0 Å². The summed E-state index contributed by atoms with van der Waals surface area (Å²) in [7, 11) is -4.16. The lowest BCUT2D eigenvalue weighted by atomic mass is 9.81. The summed E-state index contributed by atoms with van der Waals surface area (Å²) in [6.45, 7) is 2.09. The van der Waals surface area contributed by atoms with Crippen molar-refractivity contribution in [3.05, 3.63) is 0 Å². The van der Waals surface area contributed by atoms with Crippen LogP contribution in [0.4, 0.5) is 26.3 Å². The van der Waals surface area contributed by atoms with E-state index in [4.69, 9.17) is 0 Å². The fourth-order valence-corrected chi connectivity index (χ4v) is 4.47. The number of nitrogens with one attached hydrogen (secondary N) is 1. The molecular weight excluding hydrogens is 400 g/mol. The number of halogens is 6. The van der Waals surface area contributed by atoms with E-state index in [9.17, 15) is 39.6 Å². The van der Waals surface area contributed by atoms with Crippen LogP contribution in [0.1, 0.15) is 52.4 Å². The summed E-state index contributed by atoms with van der Waals surface area (Å²) in [5.41, 5.74) is 0. The highest BCUT2D eigenvalue weighted by Gasteiger charge is 2.44. The van der Waals surface area contributed by atoms with E-state index in [1.807, 2.05) is 0 Å². The maximum absolute atomic E-state index is 12.8. The van der Waals surface area contributed by atoms with Gasteiger partial charge in [0.15, 0.2) is 9.84 Å². The normalized spacial score (nSPS) is 22.5. The minimum atomic E-state index is -4.49. The standard InChI is InChI=1S/C16H25F6NO3S/c1-14(2,27(25,26)8-4-7-15(17,18)19)13(24)23-10-11-5-3-6-12(9-11)16(20,21)22/h11-12H,3-10H2,1-2H3,(H,23,24). The lowest BCUT2D eigenvalue weighted by Gasteiger charge is -2.31. The van der Waals surface area contributed by atoms with E-state index in [0.717, 1.165) is 13.8 Å². The van der Waals surface area contributed by atoms with Crippen molar-refractivity contribution >= 4 is 15.7 Å². The summed E-state index contributed by atoms with van der Waals surface area (Å²) < 4.78 is 97.5. The Labute approximate surface area is 155 Å². The summed E-state index contributed by atoms with van der Waals surface area (Å²) in [5.74, 6) is -3.57. The van der Waals surface area contributed by atoms with Gasteiger partial charge in [0.2, 0.25) is 5.91 Å². The molecule has 160 valence electrons. The fourth-order valence-electron chi connectivity index (χ4n) is 3.08. The van der Waals surface area contributed by atoms with E-state index < -0.39 is 63.3 Å². The highest BCUT2D eigenvalue weighted by atomic mass is 32.2. The molecule has 27 heavy (non-hydrogen) atoms. The van der Waals surface area contributed by atoms with Crippen molar-refractivity contribution in [1.82, 2.24) is 5.32 Å². The molecule has 0 radical (unpaired) electrons. The minimum Gasteiger partial charge on any atom is -0.354 e. The molecule has 1 aliphatic carbocycles. The molecule has 0 bridgehead atoms. The van der Waals surface area contributed by atoms with Crippen LogP contribution in [0.15, 0.2) is 0 Å². The van der Waals surface area contributed by atoms with Crippen LogP contribution in [0.5, 0.6) is 0 Å². The zero-order chi connectivity index (χ0) is 21.1. The summed E-state index contributed by atoms with van der Waals surface area (Å²) in [5, 5.41) is 2.37. The Kier molecular flexibility index (Phi) is 7.63. The summed E-state index contributed by atoms with van der Waals surface area (Å²) in [6, 6.07) is 0. The zero-order valence-corrected chi connectivity index (χ0v) is 16.0. The Balaban J connectivity index is 2.61. The van der Waals surface area contributed by atoms with E-state index in [0.29, 0.717) is 12.8 Å². The number of hydrogen-bond acceptors (Lipinski definition) is 3. The van der Waals surface area contributed by atoms with Crippen LogP contribution in [-0.2, 0) is 14.6 Å². The van der Waals surface area contributed by atoms with Crippen molar-refractivity contribution in [3.8, 4) is 0 Å². The number of hydrogen-bond donors (Lipinski definition) is 1. The molecule has 1 saturated carbocycles. The number of rotatable bonds is 7. The minimum absolute atomic E-state index is 0.0347. The Morgan fingerprint density at radius 2 is 1.67 bits per heavy atom. The van der Waals surface area contributed by atoms with Gasteiger partial charge in [-0.15, -0.1) is 0 Å². The smallest absolute Gasteiger partial charge is 0.354 e. The first-order valence-corrected chi connectivity index (χ1v) is 10.4. The van der Waals surface area contributed by atoms with Gasteiger partial charge < -0.3 is 5.32 Å². The first kappa shape index (κ1) is 24.0. The van der Waals surface area contributed by atoms with Gasteiger partial charge in [-0.25, -0.2) is 8.42 Å². The Bertz CT molecular complexity index is 613. The van der Waals surface area contributed by atoms with E-state index in [2.05, 4.69) is 5.32 Å². The number of alkyl halides is 6. The summed E-state index contributed by atoms with van der Waals surface area (Å²) in [4.78, 5) is 12.3. The van der Waals surface area contributed by atoms with E-state index in [1.165, 1.54) is 0 Å². The van der Waals surface area contributed by atoms with Crippen LogP contribution >= 0.6 is 0 Å². The Hall–Kier alpha value is -1.00. The first-order valence-electron chi connectivity index (χ1n) is 8.70. The van der Waals surface area contributed by atoms with Crippen molar-refractivity contribution in [2.75, 3.05) is 12.3 Å². The molecule has 2 atom stereocenters. The largest absolute Gasteiger partial charge is 0.391 e. The molecule has 0 aromatic carbocycles. The Morgan fingerprint density at radius 1 is 1.07 bits per heavy atom. The number of carbonyl (C=O) groups is 1. The van der Waals surface area contributed by atoms with Crippen molar-refractivity contribution in [3.63, 3.8) is 0 Å². The molecular formula is C16H25F6NO3S. The lowest BCUT2D eigenvalue weighted by Crippen LogP contribution is -2.50. The molecule has 1 fully saturated rings. The highest BCUT2D eigenvalue weighted by Crippen LogP contribution is 2.39. The van der Waals surface area contributed by atoms with Crippen molar-refractivity contribution in [2.24, 2.45) is 11.8 Å². The molecule has 2 unspecified atom stereocenters. The maximum atomic E-state index is 12.8. The van der Waals surface area contributed by atoms with Crippen molar-refractivity contribution < 1.29 is 39.6 Å². The number of sulfone groups is 1. The molecule has 11 heteroatoms. The third-order valence-electron chi connectivity index (χ3n) is 4.99. The molecule has 1 N–H and O–H groups in total. The van der Waals surface area contributed by atoms with E-state index in [-0.39, 0.29) is 19.4 Å². The number of carbonyl (C=O) groups excluding carboxylic acids is 1.